The van der Waals surface area contributed by atoms with Crippen molar-refractivity contribution in [2.75, 3.05) is 7.11 Å². The second kappa shape index (κ2) is 9.08. The molecule has 0 bridgehead atoms. The number of rotatable bonds is 9. The standard InChI is InChI=1S/C20H25NO3/c1-3-4-10-18(20(22)23)21-14-17-12-11-16(13-19(17)24-2)15-8-6-5-7-9-15/h5-9,11-13,18,21H,3-4,10,14H2,1-2H3,(H,22,23). The van der Waals surface area contributed by atoms with E-state index in [0.29, 0.717) is 13.0 Å². The van der Waals surface area contributed by atoms with Gasteiger partial charge >= 0.3 is 5.97 Å². The molecule has 0 aliphatic heterocycles. The first-order valence-corrected chi connectivity index (χ1v) is 8.34. The number of carbonyl (C=O) groups is 1. The highest BCUT2D eigenvalue weighted by Gasteiger charge is 2.16. The molecule has 128 valence electrons. The second-order valence-corrected chi connectivity index (χ2v) is 5.81. The molecule has 0 amide bonds. The van der Waals surface area contributed by atoms with E-state index in [9.17, 15) is 9.90 Å². The summed E-state index contributed by atoms with van der Waals surface area (Å²) in [5, 5.41) is 12.4. The normalized spacial score (nSPS) is 11.9. The summed E-state index contributed by atoms with van der Waals surface area (Å²) in [7, 11) is 1.64. The Balaban J connectivity index is 2.11. The molecule has 2 rings (SSSR count). The van der Waals surface area contributed by atoms with Gasteiger partial charge in [0.25, 0.3) is 0 Å². The summed E-state index contributed by atoms with van der Waals surface area (Å²) in [6, 6.07) is 15.6. The van der Waals surface area contributed by atoms with Crippen LogP contribution in [-0.2, 0) is 11.3 Å². The van der Waals surface area contributed by atoms with Crippen molar-refractivity contribution in [3.05, 3.63) is 54.1 Å². The molecule has 1 unspecified atom stereocenters. The molecule has 0 aromatic heterocycles. The second-order valence-electron chi connectivity index (χ2n) is 5.81. The average Bonchev–Trinajstić information content (AvgIpc) is 2.62. The Labute approximate surface area is 143 Å². The van der Waals surface area contributed by atoms with Crippen molar-refractivity contribution >= 4 is 5.97 Å². The van der Waals surface area contributed by atoms with Crippen LogP contribution in [0.15, 0.2) is 48.5 Å². The Morgan fingerprint density at radius 2 is 1.92 bits per heavy atom. The molecule has 2 aromatic rings. The maximum absolute atomic E-state index is 11.3. The van der Waals surface area contributed by atoms with E-state index in [0.717, 1.165) is 35.3 Å². The van der Waals surface area contributed by atoms with Gasteiger partial charge in [-0.1, -0.05) is 62.2 Å². The minimum atomic E-state index is -0.802. The highest BCUT2D eigenvalue weighted by molar-refractivity contribution is 5.73. The largest absolute Gasteiger partial charge is 0.496 e. The van der Waals surface area contributed by atoms with E-state index in [-0.39, 0.29) is 0 Å². The SMILES string of the molecule is CCCCC(NCc1ccc(-c2ccccc2)cc1OC)C(=O)O. The number of hydrogen-bond acceptors (Lipinski definition) is 3. The molecule has 2 aromatic carbocycles. The number of nitrogens with one attached hydrogen (secondary N) is 1. The highest BCUT2D eigenvalue weighted by Crippen LogP contribution is 2.27. The molecule has 0 aliphatic carbocycles. The molecular formula is C20H25NO3. The zero-order chi connectivity index (χ0) is 17.4. The lowest BCUT2D eigenvalue weighted by Crippen LogP contribution is -2.36. The van der Waals surface area contributed by atoms with E-state index in [1.165, 1.54) is 0 Å². The van der Waals surface area contributed by atoms with Crippen LogP contribution in [0.1, 0.15) is 31.7 Å². The van der Waals surface area contributed by atoms with Crippen LogP contribution in [0.25, 0.3) is 11.1 Å². The topological polar surface area (TPSA) is 58.6 Å². The van der Waals surface area contributed by atoms with Gasteiger partial charge in [-0.15, -0.1) is 0 Å². The molecule has 0 spiro atoms. The monoisotopic (exact) mass is 327 g/mol. The van der Waals surface area contributed by atoms with Gasteiger partial charge in [-0.2, -0.15) is 0 Å². The van der Waals surface area contributed by atoms with Crippen LogP contribution in [-0.4, -0.2) is 24.2 Å². The van der Waals surface area contributed by atoms with Crippen LogP contribution >= 0.6 is 0 Å². The van der Waals surface area contributed by atoms with Crippen LogP contribution in [0.3, 0.4) is 0 Å². The minimum Gasteiger partial charge on any atom is -0.496 e. The van der Waals surface area contributed by atoms with Crippen molar-refractivity contribution in [3.63, 3.8) is 0 Å². The van der Waals surface area contributed by atoms with Crippen LogP contribution in [0.4, 0.5) is 0 Å². The van der Waals surface area contributed by atoms with Gasteiger partial charge in [0.1, 0.15) is 11.8 Å². The summed E-state index contributed by atoms with van der Waals surface area (Å²) < 4.78 is 5.49. The number of carboxylic acid groups (broad SMARTS) is 1. The lowest BCUT2D eigenvalue weighted by atomic mass is 10.0. The van der Waals surface area contributed by atoms with Gasteiger partial charge < -0.3 is 15.2 Å². The molecule has 1 atom stereocenters. The molecule has 0 heterocycles. The summed E-state index contributed by atoms with van der Waals surface area (Å²) in [4.78, 5) is 11.3. The van der Waals surface area contributed by atoms with Gasteiger partial charge in [-0.3, -0.25) is 4.79 Å². The third kappa shape index (κ3) is 4.83. The zero-order valence-corrected chi connectivity index (χ0v) is 14.3. The minimum absolute atomic E-state index is 0.471. The molecule has 2 N–H and O–H groups in total. The van der Waals surface area contributed by atoms with Crippen molar-refractivity contribution in [1.82, 2.24) is 5.32 Å². The molecule has 0 saturated heterocycles. The van der Waals surface area contributed by atoms with E-state index in [1.54, 1.807) is 7.11 Å². The molecule has 24 heavy (non-hydrogen) atoms. The average molecular weight is 327 g/mol. The molecule has 0 aliphatic rings. The van der Waals surface area contributed by atoms with Crippen molar-refractivity contribution in [2.24, 2.45) is 0 Å². The van der Waals surface area contributed by atoms with Gasteiger partial charge in [-0.25, -0.2) is 0 Å². The van der Waals surface area contributed by atoms with Crippen LogP contribution in [0.5, 0.6) is 5.75 Å². The Kier molecular flexibility index (Phi) is 6.82. The zero-order valence-electron chi connectivity index (χ0n) is 14.3. The van der Waals surface area contributed by atoms with E-state index in [2.05, 4.69) is 24.4 Å². The van der Waals surface area contributed by atoms with Gasteiger partial charge in [0, 0.05) is 12.1 Å². The van der Waals surface area contributed by atoms with Gasteiger partial charge in [0.05, 0.1) is 7.11 Å². The molecule has 0 fully saturated rings. The molecule has 4 heteroatoms. The quantitative estimate of drug-likeness (QED) is 0.728. The van der Waals surface area contributed by atoms with E-state index in [4.69, 9.17) is 4.74 Å². The number of methoxy groups -OCH3 is 1. The first kappa shape index (κ1) is 18.0. The first-order valence-electron chi connectivity index (χ1n) is 8.34. The molecule has 0 saturated carbocycles. The van der Waals surface area contributed by atoms with E-state index < -0.39 is 12.0 Å². The fourth-order valence-corrected chi connectivity index (χ4v) is 2.66. The Morgan fingerprint density at radius 1 is 1.17 bits per heavy atom. The Hall–Kier alpha value is -2.33. The summed E-state index contributed by atoms with van der Waals surface area (Å²) in [6.45, 7) is 2.53. The van der Waals surface area contributed by atoms with Crippen LogP contribution < -0.4 is 10.1 Å². The van der Waals surface area contributed by atoms with E-state index in [1.807, 2.05) is 36.4 Å². The van der Waals surface area contributed by atoms with Crippen LogP contribution in [0, 0.1) is 0 Å². The van der Waals surface area contributed by atoms with Gasteiger partial charge in [0.2, 0.25) is 0 Å². The predicted molar refractivity (Wildman–Crippen MR) is 96.2 cm³/mol. The van der Waals surface area contributed by atoms with Crippen molar-refractivity contribution in [2.45, 2.75) is 38.8 Å². The first-order chi connectivity index (χ1) is 11.7. The summed E-state index contributed by atoms with van der Waals surface area (Å²) in [6.07, 6.45) is 2.52. The lowest BCUT2D eigenvalue weighted by molar-refractivity contribution is -0.139. The number of aliphatic carboxylic acids is 1. The number of carboxylic acids is 1. The summed E-state index contributed by atoms with van der Waals surface area (Å²) in [5.41, 5.74) is 3.17. The Morgan fingerprint density at radius 3 is 2.54 bits per heavy atom. The lowest BCUT2D eigenvalue weighted by Gasteiger charge is -2.16. The van der Waals surface area contributed by atoms with E-state index >= 15 is 0 Å². The fraction of sp³-hybridized carbons (Fsp3) is 0.350. The number of hydrogen-bond donors (Lipinski definition) is 2. The molecular weight excluding hydrogens is 302 g/mol. The maximum atomic E-state index is 11.3. The number of ether oxygens (including phenoxy) is 1. The van der Waals surface area contributed by atoms with Crippen molar-refractivity contribution in [3.8, 4) is 16.9 Å². The highest BCUT2D eigenvalue weighted by atomic mass is 16.5. The van der Waals surface area contributed by atoms with Crippen molar-refractivity contribution in [1.29, 1.82) is 0 Å². The van der Waals surface area contributed by atoms with Crippen molar-refractivity contribution < 1.29 is 14.6 Å². The van der Waals surface area contributed by atoms with Crippen LogP contribution in [0.2, 0.25) is 0 Å². The third-order valence-electron chi connectivity index (χ3n) is 4.08. The van der Waals surface area contributed by atoms with Gasteiger partial charge in [0.15, 0.2) is 0 Å². The van der Waals surface area contributed by atoms with Gasteiger partial charge in [-0.05, 0) is 23.6 Å². The molecule has 4 nitrogen and oxygen atoms in total. The predicted octanol–water partition coefficient (Wildman–Crippen LogP) is 4.10. The molecule has 0 radical (unpaired) electrons. The Bertz CT molecular complexity index is 655. The summed E-state index contributed by atoms with van der Waals surface area (Å²) >= 11 is 0. The number of unbranched alkanes of at least 4 members (excludes halogenated alkanes) is 1. The number of benzene rings is 2. The third-order valence-corrected chi connectivity index (χ3v) is 4.08. The maximum Gasteiger partial charge on any atom is 0.320 e. The fourth-order valence-electron chi connectivity index (χ4n) is 2.66. The smallest absolute Gasteiger partial charge is 0.320 e. The summed E-state index contributed by atoms with van der Waals surface area (Å²) in [5.74, 6) is -0.0354.